The third-order valence-electron chi connectivity index (χ3n) is 2.72. The van der Waals surface area contributed by atoms with Crippen molar-refractivity contribution in [2.75, 3.05) is 6.61 Å². The number of hydrogen-bond acceptors (Lipinski definition) is 2. The smallest absolute Gasteiger partial charge is 0.126 e. The van der Waals surface area contributed by atoms with Crippen molar-refractivity contribution in [2.24, 2.45) is 0 Å². The molecule has 0 bridgehead atoms. The molecule has 0 fully saturated rings. The van der Waals surface area contributed by atoms with Crippen LogP contribution in [-0.2, 0) is 6.42 Å². The van der Waals surface area contributed by atoms with Crippen molar-refractivity contribution < 1.29 is 9.50 Å². The molecule has 0 heterocycles. The maximum absolute atomic E-state index is 13.4. The Labute approximate surface area is 96.5 Å². The molecular weight excluding hydrogens is 205 g/mol. The molecule has 1 aromatic carbocycles. The van der Waals surface area contributed by atoms with Crippen LogP contribution in [0.5, 0.6) is 0 Å². The van der Waals surface area contributed by atoms with Gasteiger partial charge in [-0.2, -0.15) is 0 Å². The first kappa shape index (κ1) is 13.1. The number of aliphatic hydroxyl groups is 1. The summed E-state index contributed by atoms with van der Waals surface area (Å²) in [6.45, 7) is 4.15. The monoisotopic (exact) mass is 225 g/mol. The van der Waals surface area contributed by atoms with Crippen LogP contribution >= 0.6 is 0 Å². The van der Waals surface area contributed by atoms with Gasteiger partial charge in [0.2, 0.25) is 0 Å². The quantitative estimate of drug-likeness (QED) is 0.777. The number of halogens is 1. The van der Waals surface area contributed by atoms with Crippen molar-refractivity contribution >= 4 is 0 Å². The van der Waals surface area contributed by atoms with Gasteiger partial charge in [0.05, 0.1) is 6.61 Å². The van der Waals surface area contributed by atoms with Crippen molar-refractivity contribution in [3.8, 4) is 0 Å². The molecule has 90 valence electrons. The lowest BCUT2D eigenvalue weighted by Crippen LogP contribution is -2.39. The molecule has 0 aliphatic rings. The third-order valence-corrected chi connectivity index (χ3v) is 2.72. The third kappa shape index (κ3) is 3.91. The predicted octanol–water partition coefficient (Wildman–Crippen LogP) is 2.12. The number of benzene rings is 1. The van der Waals surface area contributed by atoms with Gasteiger partial charge in [0.15, 0.2) is 0 Å². The zero-order chi connectivity index (χ0) is 12.0. The van der Waals surface area contributed by atoms with Crippen LogP contribution in [0.15, 0.2) is 24.3 Å². The Kier molecular flexibility index (Phi) is 5.43. The minimum atomic E-state index is -0.159. The molecule has 2 unspecified atom stereocenters. The Morgan fingerprint density at radius 1 is 1.38 bits per heavy atom. The molecule has 1 aromatic rings. The molecule has 1 rings (SSSR count). The number of rotatable bonds is 6. The lowest BCUT2D eigenvalue weighted by molar-refractivity contribution is 0.229. The van der Waals surface area contributed by atoms with Crippen LogP contribution in [0.3, 0.4) is 0 Å². The number of hydrogen-bond donors (Lipinski definition) is 2. The van der Waals surface area contributed by atoms with Gasteiger partial charge in [-0.3, -0.25) is 0 Å². The summed E-state index contributed by atoms with van der Waals surface area (Å²) in [6.07, 6.45) is 1.52. The summed E-state index contributed by atoms with van der Waals surface area (Å²) < 4.78 is 13.4. The zero-order valence-corrected chi connectivity index (χ0v) is 9.91. The van der Waals surface area contributed by atoms with Gasteiger partial charge in [-0.15, -0.1) is 0 Å². The summed E-state index contributed by atoms with van der Waals surface area (Å²) in [4.78, 5) is 0. The molecule has 2 nitrogen and oxygen atoms in total. The van der Waals surface area contributed by atoms with Crippen molar-refractivity contribution in [1.29, 1.82) is 0 Å². The van der Waals surface area contributed by atoms with Crippen LogP contribution in [0.1, 0.15) is 25.8 Å². The van der Waals surface area contributed by atoms with E-state index in [1.54, 1.807) is 12.1 Å². The summed E-state index contributed by atoms with van der Waals surface area (Å²) in [5.41, 5.74) is 0.718. The van der Waals surface area contributed by atoms with E-state index in [1.807, 2.05) is 19.9 Å². The van der Waals surface area contributed by atoms with Gasteiger partial charge in [0.25, 0.3) is 0 Å². The molecule has 16 heavy (non-hydrogen) atoms. The molecule has 0 spiro atoms. The summed E-state index contributed by atoms with van der Waals surface area (Å²) in [5.74, 6) is -0.159. The molecule has 0 radical (unpaired) electrons. The van der Waals surface area contributed by atoms with E-state index in [2.05, 4.69) is 5.32 Å². The van der Waals surface area contributed by atoms with Gasteiger partial charge in [0.1, 0.15) is 5.82 Å². The van der Waals surface area contributed by atoms with Gasteiger partial charge in [-0.1, -0.05) is 25.1 Å². The lowest BCUT2D eigenvalue weighted by Gasteiger charge is -2.20. The predicted molar refractivity (Wildman–Crippen MR) is 63.9 cm³/mol. The highest BCUT2D eigenvalue weighted by molar-refractivity contribution is 5.18. The van der Waals surface area contributed by atoms with Crippen molar-refractivity contribution in [3.05, 3.63) is 35.6 Å². The van der Waals surface area contributed by atoms with E-state index in [1.165, 1.54) is 6.07 Å². The van der Waals surface area contributed by atoms with E-state index in [9.17, 15) is 4.39 Å². The summed E-state index contributed by atoms with van der Waals surface area (Å²) in [7, 11) is 0. The zero-order valence-electron chi connectivity index (χ0n) is 9.91. The van der Waals surface area contributed by atoms with E-state index in [0.717, 1.165) is 12.0 Å². The Bertz CT molecular complexity index is 313. The van der Waals surface area contributed by atoms with E-state index >= 15 is 0 Å². The molecule has 0 amide bonds. The molecule has 0 saturated carbocycles. The van der Waals surface area contributed by atoms with Crippen molar-refractivity contribution in [3.63, 3.8) is 0 Å². The summed E-state index contributed by atoms with van der Waals surface area (Å²) in [5, 5.41) is 12.3. The highest BCUT2D eigenvalue weighted by Crippen LogP contribution is 2.09. The molecule has 2 N–H and O–H groups in total. The van der Waals surface area contributed by atoms with Crippen LogP contribution in [0.4, 0.5) is 4.39 Å². The molecular formula is C13H20FNO. The first-order valence-corrected chi connectivity index (χ1v) is 5.77. The largest absolute Gasteiger partial charge is 0.395 e. The Balaban J connectivity index is 2.51. The molecule has 3 heteroatoms. The average Bonchev–Trinajstić information content (AvgIpc) is 2.29. The SMILES string of the molecule is CCC(CO)NC(C)Cc1ccccc1F. The summed E-state index contributed by atoms with van der Waals surface area (Å²) >= 11 is 0. The molecule has 0 aromatic heterocycles. The van der Waals surface area contributed by atoms with E-state index < -0.39 is 0 Å². The second-order valence-electron chi connectivity index (χ2n) is 4.15. The normalized spacial score (nSPS) is 14.8. The van der Waals surface area contributed by atoms with Gasteiger partial charge in [0, 0.05) is 12.1 Å². The Morgan fingerprint density at radius 2 is 2.06 bits per heavy atom. The molecule has 0 aliphatic heterocycles. The van der Waals surface area contributed by atoms with Gasteiger partial charge >= 0.3 is 0 Å². The summed E-state index contributed by atoms with van der Waals surface area (Å²) in [6, 6.07) is 7.07. The first-order chi connectivity index (χ1) is 7.67. The second-order valence-corrected chi connectivity index (χ2v) is 4.15. The van der Waals surface area contributed by atoms with Crippen LogP contribution in [0.2, 0.25) is 0 Å². The first-order valence-electron chi connectivity index (χ1n) is 5.77. The standard InChI is InChI=1S/C13H20FNO/c1-3-12(9-16)15-10(2)8-11-6-4-5-7-13(11)14/h4-7,10,12,15-16H,3,8-9H2,1-2H3. The number of aliphatic hydroxyl groups excluding tert-OH is 1. The maximum Gasteiger partial charge on any atom is 0.126 e. The van der Waals surface area contributed by atoms with Gasteiger partial charge < -0.3 is 10.4 Å². The molecule has 0 aliphatic carbocycles. The van der Waals surface area contributed by atoms with Crippen LogP contribution < -0.4 is 5.32 Å². The Hall–Kier alpha value is -0.930. The molecule has 0 saturated heterocycles. The second kappa shape index (κ2) is 6.61. The highest BCUT2D eigenvalue weighted by atomic mass is 19.1. The minimum Gasteiger partial charge on any atom is -0.395 e. The van der Waals surface area contributed by atoms with E-state index in [0.29, 0.717) is 6.42 Å². The fourth-order valence-electron chi connectivity index (χ4n) is 1.75. The van der Waals surface area contributed by atoms with Gasteiger partial charge in [-0.05, 0) is 31.4 Å². The fraction of sp³-hybridized carbons (Fsp3) is 0.538. The average molecular weight is 225 g/mol. The fourth-order valence-corrected chi connectivity index (χ4v) is 1.75. The van der Waals surface area contributed by atoms with Crippen LogP contribution in [-0.4, -0.2) is 23.8 Å². The Morgan fingerprint density at radius 3 is 2.62 bits per heavy atom. The maximum atomic E-state index is 13.4. The molecule has 2 atom stereocenters. The van der Waals surface area contributed by atoms with Crippen molar-refractivity contribution in [1.82, 2.24) is 5.32 Å². The van der Waals surface area contributed by atoms with E-state index in [-0.39, 0.29) is 24.5 Å². The van der Waals surface area contributed by atoms with Crippen LogP contribution in [0, 0.1) is 5.82 Å². The number of nitrogens with one attached hydrogen (secondary N) is 1. The highest BCUT2D eigenvalue weighted by Gasteiger charge is 2.11. The van der Waals surface area contributed by atoms with E-state index in [4.69, 9.17) is 5.11 Å². The minimum absolute atomic E-state index is 0.0989. The lowest BCUT2D eigenvalue weighted by atomic mass is 10.1. The van der Waals surface area contributed by atoms with Gasteiger partial charge in [-0.25, -0.2) is 4.39 Å². The topological polar surface area (TPSA) is 32.3 Å². The van der Waals surface area contributed by atoms with Crippen molar-refractivity contribution in [2.45, 2.75) is 38.8 Å². The van der Waals surface area contributed by atoms with Crippen LogP contribution in [0.25, 0.3) is 0 Å².